The fourth-order valence-corrected chi connectivity index (χ4v) is 3.79. The molecule has 0 aliphatic rings. The number of hydrogen-bond acceptors (Lipinski definition) is 4. The molecule has 178 valence electrons. The van der Waals surface area contributed by atoms with Crippen LogP contribution >= 0.6 is 0 Å². The molecule has 0 atom stereocenters. The molecular formula is C15H30F6N2O4S2. The summed E-state index contributed by atoms with van der Waals surface area (Å²) in [5, 5.41) is 0. The van der Waals surface area contributed by atoms with Crippen molar-refractivity contribution in [3.8, 4) is 0 Å². The Morgan fingerprint density at radius 3 is 1.28 bits per heavy atom. The van der Waals surface area contributed by atoms with Gasteiger partial charge in [0.15, 0.2) is 20.0 Å². The van der Waals surface area contributed by atoms with Crippen molar-refractivity contribution in [3.05, 3.63) is 4.13 Å². The first-order chi connectivity index (χ1) is 12.8. The van der Waals surface area contributed by atoms with Crippen molar-refractivity contribution < 1.29 is 47.7 Å². The van der Waals surface area contributed by atoms with Crippen molar-refractivity contribution in [2.75, 3.05) is 27.2 Å². The second kappa shape index (κ2) is 12.3. The summed E-state index contributed by atoms with van der Waals surface area (Å²) in [6.45, 7) is 7.28. The minimum absolute atomic E-state index is 0.778. The molecule has 0 unspecified atom stereocenters. The molecule has 29 heavy (non-hydrogen) atoms. The Kier molecular flexibility index (Phi) is 13.0. The Morgan fingerprint density at radius 2 is 0.966 bits per heavy atom. The quantitative estimate of drug-likeness (QED) is 0.239. The second-order valence-electron chi connectivity index (χ2n) is 7.07. The molecule has 0 saturated heterocycles. The lowest BCUT2D eigenvalue weighted by atomic mass is 10.2. The largest absolute Gasteiger partial charge is 0.480 e. The molecule has 0 N–H and O–H groups in total. The van der Waals surface area contributed by atoms with Gasteiger partial charge in [-0.2, -0.15) is 26.3 Å². The summed E-state index contributed by atoms with van der Waals surface area (Å²) in [5.41, 5.74) is -12.4. The Balaban J connectivity index is 0. The lowest BCUT2D eigenvalue weighted by Crippen LogP contribution is -2.41. The highest BCUT2D eigenvalue weighted by Gasteiger charge is 2.46. The van der Waals surface area contributed by atoms with Crippen molar-refractivity contribution in [1.82, 2.24) is 0 Å². The van der Waals surface area contributed by atoms with Crippen LogP contribution < -0.4 is 0 Å². The molecule has 0 heterocycles. The molecule has 14 heteroatoms. The molecule has 0 aromatic heterocycles. The third-order valence-corrected chi connectivity index (χ3v) is 6.51. The number of alkyl halides is 6. The van der Waals surface area contributed by atoms with Gasteiger partial charge in [-0.3, -0.25) is 0 Å². The molecule has 0 rings (SSSR count). The van der Waals surface area contributed by atoms with Gasteiger partial charge in [-0.1, -0.05) is 33.1 Å². The normalized spacial score (nSPS) is 13.7. The van der Waals surface area contributed by atoms with Gasteiger partial charge in [0.1, 0.15) is 0 Å². The van der Waals surface area contributed by atoms with E-state index in [1.807, 2.05) is 0 Å². The zero-order valence-corrected chi connectivity index (χ0v) is 18.6. The lowest BCUT2D eigenvalue weighted by molar-refractivity contribution is -0.890. The summed E-state index contributed by atoms with van der Waals surface area (Å²) in [6, 6.07) is 0. The van der Waals surface area contributed by atoms with Gasteiger partial charge in [0.25, 0.3) is 0 Å². The molecule has 0 amide bonds. The van der Waals surface area contributed by atoms with Crippen LogP contribution in [-0.2, 0) is 20.0 Å². The number of unbranched alkanes of at least 4 members (excludes halogenated alkanes) is 5. The van der Waals surface area contributed by atoms with Gasteiger partial charge < -0.3 is 8.61 Å². The maximum absolute atomic E-state index is 11.4. The van der Waals surface area contributed by atoms with Gasteiger partial charge in [0, 0.05) is 0 Å². The van der Waals surface area contributed by atoms with E-state index in [9.17, 15) is 43.2 Å². The van der Waals surface area contributed by atoms with Crippen LogP contribution in [0.5, 0.6) is 0 Å². The smallest absolute Gasteiger partial charge is 0.421 e. The van der Waals surface area contributed by atoms with Crippen LogP contribution in [0.25, 0.3) is 4.13 Å². The first kappa shape index (κ1) is 30.6. The summed E-state index contributed by atoms with van der Waals surface area (Å²) < 4.78 is 110. The van der Waals surface area contributed by atoms with Crippen LogP contribution in [-0.4, -0.2) is 59.5 Å². The lowest BCUT2D eigenvalue weighted by Gasteiger charge is -2.29. The SMILES string of the molecule is CCCCCC[N+](C)(C)CCCCC.O=S(=O)([N-]S(=O)(=O)C(F)(F)F)C(F)(F)F. The van der Waals surface area contributed by atoms with Gasteiger partial charge in [-0.15, -0.1) is 0 Å². The maximum Gasteiger partial charge on any atom is 0.480 e. The summed E-state index contributed by atoms with van der Waals surface area (Å²) in [4.78, 5) is 0. The van der Waals surface area contributed by atoms with E-state index in [1.165, 1.54) is 62.5 Å². The molecular weight excluding hydrogens is 450 g/mol. The first-order valence-corrected chi connectivity index (χ1v) is 11.9. The average Bonchev–Trinajstić information content (AvgIpc) is 2.49. The molecule has 0 spiro atoms. The van der Waals surface area contributed by atoms with E-state index in [-0.39, 0.29) is 0 Å². The summed E-state index contributed by atoms with van der Waals surface area (Å²) in [5.74, 6) is 0. The van der Waals surface area contributed by atoms with Gasteiger partial charge in [0.05, 0.1) is 27.2 Å². The molecule has 0 aliphatic carbocycles. The number of rotatable bonds is 11. The fraction of sp³-hybridized carbons (Fsp3) is 1.00. The van der Waals surface area contributed by atoms with Crippen LogP contribution in [0.4, 0.5) is 26.3 Å². The molecule has 0 aromatic rings. The predicted octanol–water partition coefficient (Wildman–Crippen LogP) is 4.89. The predicted molar refractivity (Wildman–Crippen MR) is 98.8 cm³/mol. The van der Waals surface area contributed by atoms with Crippen LogP contribution in [0.1, 0.15) is 58.8 Å². The van der Waals surface area contributed by atoms with Crippen molar-refractivity contribution in [3.63, 3.8) is 0 Å². The molecule has 0 radical (unpaired) electrons. The van der Waals surface area contributed by atoms with Crippen LogP contribution in [0.2, 0.25) is 0 Å². The highest BCUT2D eigenvalue weighted by Crippen LogP contribution is 2.36. The zero-order valence-electron chi connectivity index (χ0n) is 17.0. The highest BCUT2D eigenvalue weighted by atomic mass is 32.3. The van der Waals surface area contributed by atoms with Crippen molar-refractivity contribution in [2.45, 2.75) is 69.8 Å². The fourth-order valence-electron chi connectivity index (χ4n) is 2.08. The summed E-state index contributed by atoms with van der Waals surface area (Å²) >= 11 is 0. The van der Waals surface area contributed by atoms with Gasteiger partial charge in [0.2, 0.25) is 0 Å². The van der Waals surface area contributed by atoms with Gasteiger partial charge in [-0.25, -0.2) is 16.8 Å². The second-order valence-corrected chi connectivity index (χ2v) is 10.5. The third kappa shape index (κ3) is 13.3. The monoisotopic (exact) mass is 480 g/mol. The topological polar surface area (TPSA) is 82.4 Å². The van der Waals surface area contributed by atoms with Crippen molar-refractivity contribution >= 4 is 20.0 Å². The van der Waals surface area contributed by atoms with E-state index in [0.717, 1.165) is 4.13 Å². The Labute approximate surface area is 169 Å². The van der Waals surface area contributed by atoms with E-state index in [1.54, 1.807) is 0 Å². The zero-order chi connectivity index (χ0) is 23.6. The van der Waals surface area contributed by atoms with E-state index in [0.29, 0.717) is 0 Å². The number of quaternary nitrogens is 1. The minimum Gasteiger partial charge on any atom is -0.421 e. The number of hydrogen-bond donors (Lipinski definition) is 0. The van der Waals surface area contributed by atoms with Gasteiger partial charge in [-0.05, 0) is 25.7 Å². The Hall–Kier alpha value is -0.600. The van der Waals surface area contributed by atoms with E-state index in [2.05, 4.69) is 27.9 Å². The summed E-state index contributed by atoms with van der Waals surface area (Å²) in [7, 11) is -8.69. The van der Waals surface area contributed by atoms with E-state index >= 15 is 0 Å². The summed E-state index contributed by atoms with van der Waals surface area (Å²) in [6.07, 6.45) is 9.74. The Bertz CT molecular complexity index is 617. The van der Waals surface area contributed by atoms with Gasteiger partial charge >= 0.3 is 11.0 Å². The highest BCUT2D eigenvalue weighted by molar-refractivity contribution is 8.13. The van der Waals surface area contributed by atoms with E-state index < -0.39 is 31.1 Å². The van der Waals surface area contributed by atoms with E-state index in [4.69, 9.17) is 0 Å². The molecule has 0 fully saturated rings. The molecule has 0 bridgehead atoms. The van der Waals surface area contributed by atoms with Crippen LogP contribution in [0.15, 0.2) is 0 Å². The van der Waals surface area contributed by atoms with Crippen LogP contribution in [0.3, 0.4) is 0 Å². The minimum atomic E-state index is -6.72. The maximum atomic E-state index is 11.4. The third-order valence-electron chi connectivity index (χ3n) is 3.77. The molecule has 6 nitrogen and oxygen atoms in total. The number of nitrogens with zero attached hydrogens (tertiary/aromatic N) is 2. The number of sulfonamides is 2. The first-order valence-electron chi connectivity index (χ1n) is 9.02. The standard InChI is InChI=1S/C13H30N.C2F6NO4S2/c1-5-7-9-11-13-14(3,4)12-10-8-6-2;3-1(4,5)14(10,11)9-15(12,13)2(6,7)8/h5-13H2,1-4H3;/q+1;-1. The molecule has 0 aromatic carbocycles. The number of halogens is 6. The average molecular weight is 481 g/mol. The molecule has 0 aliphatic heterocycles. The van der Waals surface area contributed by atoms with Crippen molar-refractivity contribution in [2.24, 2.45) is 0 Å². The van der Waals surface area contributed by atoms with Crippen LogP contribution in [0, 0.1) is 0 Å². The Morgan fingerprint density at radius 1 is 0.655 bits per heavy atom. The van der Waals surface area contributed by atoms with Crippen molar-refractivity contribution in [1.29, 1.82) is 0 Å². The molecule has 0 saturated carbocycles.